The number of nitrogens with two attached hydrogens (primary N) is 1. The number of imidazole rings is 1. The highest BCUT2D eigenvalue weighted by Crippen LogP contribution is 2.27. The van der Waals surface area contributed by atoms with E-state index in [1.807, 2.05) is 0 Å². The minimum absolute atomic E-state index is 0.442. The topological polar surface area (TPSA) is 74.9 Å². The number of benzene rings is 1. The van der Waals surface area contributed by atoms with Crippen LogP contribution in [-0.4, -0.2) is 21.2 Å². The van der Waals surface area contributed by atoms with Crippen molar-refractivity contribution in [3.63, 3.8) is 0 Å². The molecular formula is C10H11Cl2N3O. The number of aliphatic hydroxyl groups is 1. The van der Waals surface area contributed by atoms with Gasteiger partial charge in [0.1, 0.15) is 5.82 Å². The van der Waals surface area contributed by atoms with Crippen LogP contribution in [0.15, 0.2) is 12.1 Å². The van der Waals surface area contributed by atoms with Crippen molar-refractivity contribution in [2.45, 2.75) is 19.1 Å². The molecule has 16 heavy (non-hydrogen) atoms. The lowest BCUT2D eigenvalue weighted by molar-refractivity contribution is 0.161. The first-order valence-corrected chi connectivity index (χ1v) is 5.53. The van der Waals surface area contributed by atoms with Crippen LogP contribution in [0, 0.1) is 0 Å². The van der Waals surface area contributed by atoms with E-state index in [0.29, 0.717) is 21.4 Å². The first-order chi connectivity index (χ1) is 7.49. The molecule has 0 saturated carbocycles. The summed E-state index contributed by atoms with van der Waals surface area (Å²) in [5.41, 5.74) is 7.20. The number of hydrogen-bond donors (Lipinski definition) is 3. The van der Waals surface area contributed by atoms with Crippen molar-refractivity contribution in [2.24, 2.45) is 5.73 Å². The van der Waals surface area contributed by atoms with Gasteiger partial charge in [0.25, 0.3) is 0 Å². The molecule has 1 aromatic carbocycles. The average Bonchev–Trinajstić information content (AvgIpc) is 2.60. The Labute approximate surface area is 102 Å². The van der Waals surface area contributed by atoms with Crippen molar-refractivity contribution in [3.8, 4) is 0 Å². The van der Waals surface area contributed by atoms with Gasteiger partial charge in [0, 0.05) is 0 Å². The summed E-state index contributed by atoms with van der Waals surface area (Å²) in [4.78, 5) is 7.26. The molecule has 0 bridgehead atoms. The number of aliphatic hydroxyl groups excluding tert-OH is 1. The van der Waals surface area contributed by atoms with Crippen molar-refractivity contribution in [3.05, 3.63) is 28.0 Å². The molecule has 2 rings (SSSR count). The molecule has 0 aliphatic rings. The summed E-state index contributed by atoms with van der Waals surface area (Å²) in [5.74, 6) is 0.517. The first kappa shape index (κ1) is 11.7. The van der Waals surface area contributed by atoms with Crippen LogP contribution < -0.4 is 5.73 Å². The summed E-state index contributed by atoms with van der Waals surface area (Å²) in [6.07, 6.45) is -0.675. The molecule has 0 saturated heterocycles. The maximum Gasteiger partial charge on any atom is 0.126 e. The zero-order valence-electron chi connectivity index (χ0n) is 8.54. The molecule has 0 spiro atoms. The SMILES string of the molecule is CC(O)C(N)c1nc2cc(Cl)c(Cl)cc2[nH]1. The van der Waals surface area contributed by atoms with Gasteiger partial charge in [-0.2, -0.15) is 0 Å². The van der Waals surface area contributed by atoms with Gasteiger partial charge >= 0.3 is 0 Å². The molecule has 0 amide bonds. The van der Waals surface area contributed by atoms with Crippen LogP contribution in [-0.2, 0) is 0 Å². The third-order valence-corrected chi connectivity index (χ3v) is 3.10. The van der Waals surface area contributed by atoms with Crippen LogP contribution in [0.25, 0.3) is 11.0 Å². The highest BCUT2D eigenvalue weighted by atomic mass is 35.5. The lowest BCUT2D eigenvalue weighted by atomic mass is 10.2. The van der Waals surface area contributed by atoms with Gasteiger partial charge in [-0.25, -0.2) is 4.98 Å². The van der Waals surface area contributed by atoms with Crippen molar-refractivity contribution < 1.29 is 5.11 Å². The van der Waals surface area contributed by atoms with Gasteiger partial charge in [-0.05, 0) is 19.1 Å². The molecule has 86 valence electrons. The Kier molecular flexibility index (Phi) is 3.08. The molecule has 6 heteroatoms. The Bertz CT molecular complexity index is 485. The van der Waals surface area contributed by atoms with Crippen molar-refractivity contribution >= 4 is 34.2 Å². The number of nitrogens with one attached hydrogen (secondary N) is 1. The number of aromatic amines is 1. The molecule has 2 unspecified atom stereocenters. The molecule has 0 aliphatic carbocycles. The van der Waals surface area contributed by atoms with E-state index >= 15 is 0 Å². The summed E-state index contributed by atoms with van der Waals surface area (Å²) in [5, 5.41) is 10.3. The predicted octanol–water partition coefficient (Wildman–Crippen LogP) is 2.25. The largest absolute Gasteiger partial charge is 0.391 e. The molecule has 0 aliphatic heterocycles. The van der Waals surface area contributed by atoms with Crippen LogP contribution in [0.1, 0.15) is 18.8 Å². The minimum Gasteiger partial charge on any atom is -0.391 e. The molecular weight excluding hydrogens is 249 g/mol. The smallest absolute Gasteiger partial charge is 0.126 e. The molecule has 0 fully saturated rings. The third-order valence-electron chi connectivity index (χ3n) is 2.38. The summed E-state index contributed by atoms with van der Waals surface area (Å²) in [6, 6.07) is 2.79. The fourth-order valence-corrected chi connectivity index (χ4v) is 1.73. The fraction of sp³-hybridized carbons (Fsp3) is 0.300. The van der Waals surface area contributed by atoms with Gasteiger partial charge in [-0.1, -0.05) is 23.2 Å². The van der Waals surface area contributed by atoms with E-state index < -0.39 is 12.1 Å². The van der Waals surface area contributed by atoms with Gasteiger partial charge in [-0.3, -0.25) is 0 Å². The van der Waals surface area contributed by atoms with Gasteiger partial charge in [-0.15, -0.1) is 0 Å². The molecule has 4 nitrogen and oxygen atoms in total. The molecule has 2 atom stereocenters. The monoisotopic (exact) mass is 259 g/mol. The Morgan fingerprint density at radius 1 is 1.38 bits per heavy atom. The highest BCUT2D eigenvalue weighted by molar-refractivity contribution is 6.42. The van der Waals surface area contributed by atoms with E-state index in [2.05, 4.69) is 9.97 Å². The maximum absolute atomic E-state index is 9.37. The molecule has 0 radical (unpaired) electrons. The summed E-state index contributed by atoms with van der Waals surface area (Å²) < 4.78 is 0. The van der Waals surface area contributed by atoms with Crippen LogP contribution in [0.5, 0.6) is 0 Å². The van der Waals surface area contributed by atoms with Crippen LogP contribution in [0.4, 0.5) is 0 Å². The van der Waals surface area contributed by atoms with Gasteiger partial charge in [0.2, 0.25) is 0 Å². The lowest BCUT2D eigenvalue weighted by Crippen LogP contribution is -2.24. The first-order valence-electron chi connectivity index (χ1n) is 4.77. The van der Waals surface area contributed by atoms with Crippen LogP contribution in [0.3, 0.4) is 0 Å². The number of rotatable bonds is 2. The number of nitrogens with zero attached hydrogens (tertiary/aromatic N) is 1. The second-order valence-electron chi connectivity index (χ2n) is 3.67. The van der Waals surface area contributed by atoms with E-state index in [-0.39, 0.29) is 0 Å². The second kappa shape index (κ2) is 4.22. The quantitative estimate of drug-likeness (QED) is 0.775. The van der Waals surface area contributed by atoms with E-state index in [1.165, 1.54) is 0 Å². The zero-order valence-corrected chi connectivity index (χ0v) is 10.0. The Morgan fingerprint density at radius 3 is 2.62 bits per heavy atom. The highest BCUT2D eigenvalue weighted by Gasteiger charge is 2.16. The number of fused-ring (bicyclic) bond motifs is 1. The molecule has 1 aromatic heterocycles. The summed E-state index contributed by atoms with van der Waals surface area (Å²) in [6.45, 7) is 1.61. The van der Waals surface area contributed by atoms with E-state index in [9.17, 15) is 5.11 Å². The minimum atomic E-state index is -0.675. The lowest BCUT2D eigenvalue weighted by Gasteiger charge is -2.10. The van der Waals surface area contributed by atoms with Crippen molar-refractivity contribution in [1.82, 2.24) is 9.97 Å². The molecule has 2 aromatic rings. The molecule has 1 heterocycles. The Morgan fingerprint density at radius 2 is 2.00 bits per heavy atom. The standard InChI is InChI=1S/C10H11Cl2N3O/c1-4(16)9(13)10-14-7-2-5(11)6(12)3-8(7)15-10/h2-4,9,16H,13H2,1H3,(H,14,15). The number of hydrogen-bond acceptors (Lipinski definition) is 3. The second-order valence-corrected chi connectivity index (χ2v) is 4.49. The summed E-state index contributed by atoms with van der Waals surface area (Å²) in [7, 11) is 0. The molecule has 4 N–H and O–H groups in total. The number of H-pyrrole nitrogens is 1. The Hall–Kier alpha value is -0.810. The van der Waals surface area contributed by atoms with E-state index in [4.69, 9.17) is 28.9 Å². The van der Waals surface area contributed by atoms with Gasteiger partial charge < -0.3 is 15.8 Å². The van der Waals surface area contributed by atoms with Crippen LogP contribution in [0.2, 0.25) is 10.0 Å². The third kappa shape index (κ3) is 2.01. The van der Waals surface area contributed by atoms with Crippen LogP contribution >= 0.6 is 23.2 Å². The fourth-order valence-electron chi connectivity index (χ4n) is 1.41. The van der Waals surface area contributed by atoms with E-state index in [1.54, 1.807) is 19.1 Å². The van der Waals surface area contributed by atoms with E-state index in [0.717, 1.165) is 5.52 Å². The average molecular weight is 260 g/mol. The normalized spacial score (nSPS) is 15.3. The van der Waals surface area contributed by atoms with Crippen molar-refractivity contribution in [1.29, 1.82) is 0 Å². The maximum atomic E-state index is 9.37. The predicted molar refractivity (Wildman–Crippen MR) is 64.7 cm³/mol. The number of halogens is 2. The Balaban J connectivity index is 2.52. The van der Waals surface area contributed by atoms with Gasteiger partial charge in [0.05, 0.1) is 33.2 Å². The zero-order chi connectivity index (χ0) is 11.9. The van der Waals surface area contributed by atoms with Crippen molar-refractivity contribution in [2.75, 3.05) is 0 Å². The summed E-state index contributed by atoms with van der Waals surface area (Å²) >= 11 is 11.8. The number of aromatic nitrogens is 2. The van der Waals surface area contributed by atoms with Gasteiger partial charge in [0.15, 0.2) is 0 Å².